The number of methoxy groups -OCH3 is 1. The summed E-state index contributed by atoms with van der Waals surface area (Å²) in [7, 11) is 1.59. The number of phenols is 1. The second-order valence-corrected chi connectivity index (χ2v) is 6.77. The Balaban J connectivity index is 2.00. The van der Waals surface area contributed by atoms with Crippen molar-refractivity contribution in [3.63, 3.8) is 0 Å². The third-order valence-corrected chi connectivity index (χ3v) is 5.64. The molecule has 4 heteroatoms. The van der Waals surface area contributed by atoms with E-state index >= 15 is 0 Å². The van der Waals surface area contributed by atoms with Crippen molar-refractivity contribution in [3.8, 4) is 22.6 Å². The van der Waals surface area contributed by atoms with Gasteiger partial charge in [-0.25, -0.2) is 0 Å². The molecule has 2 N–H and O–H groups in total. The fourth-order valence-corrected chi connectivity index (χ4v) is 4.50. The standard InChI is InChI=1S/C22H17NO3/c1-12-18(26-2)11-14-13-7-3-4-8-15(13)22(19(14)20(12)24)16-9-5-6-10-17(16)23-21(22)25/h3-11,24H,1-2H3,(H,23,25). The van der Waals surface area contributed by atoms with E-state index < -0.39 is 5.41 Å². The molecule has 1 atom stereocenters. The number of phenolic OH excluding ortho intramolecular Hbond substituents is 1. The van der Waals surface area contributed by atoms with Crippen LogP contribution in [0.1, 0.15) is 22.3 Å². The molecule has 5 rings (SSSR count). The molecule has 3 aromatic rings. The molecular weight excluding hydrogens is 326 g/mol. The van der Waals surface area contributed by atoms with E-state index in [1.807, 2.05) is 61.5 Å². The first-order chi connectivity index (χ1) is 12.6. The number of fused-ring (bicyclic) bond motifs is 7. The molecule has 1 amide bonds. The van der Waals surface area contributed by atoms with Gasteiger partial charge in [-0.15, -0.1) is 0 Å². The summed E-state index contributed by atoms with van der Waals surface area (Å²) in [6.45, 7) is 1.81. The number of nitrogens with one attached hydrogen (secondary N) is 1. The minimum Gasteiger partial charge on any atom is -0.507 e. The molecule has 1 spiro atoms. The van der Waals surface area contributed by atoms with Crippen molar-refractivity contribution in [2.24, 2.45) is 0 Å². The molecule has 0 saturated carbocycles. The van der Waals surface area contributed by atoms with Crippen LogP contribution in [0.15, 0.2) is 54.6 Å². The van der Waals surface area contributed by atoms with Crippen LogP contribution in [0.4, 0.5) is 5.69 Å². The summed E-state index contributed by atoms with van der Waals surface area (Å²) in [5.74, 6) is 0.590. The van der Waals surface area contributed by atoms with Gasteiger partial charge in [-0.1, -0.05) is 42.5 Å². The van der Waals surface area contributed by atoms with Crippen molar-refractivity contribution in [1.82, 2.24) is 0 Å². The Morgan fingerprint density at radius 3 is 2.46 bits per heavy atom. The van der Waals surface area contributed by atoms with Crippen LogP contribution >= 0.6 is 0 Å². The molecule has 3 aromatic carbocycles. The predicted molar refractivity (Wildman–Crippen MR) is 99.8 cm³/mol. The Labute approximate surface area is 151 Å². The summed E-state index contributed by atoms with van der Waals surface area (Å²) in [5.41, 5.74) is 4.57. The topological polar surface area (TPSA) is 58.6 Å². The molecule has 0 radical (unpaired) electrons. The smallest absolute Gasteiger partial charge is 0.244 e. The van der Waals surface area contributed by atoms with Crippen LogP contribution in [0.2, 0.25) is 0 Å². The molecule has 1 unspecified atom stereocenters. The maximum atomic E-state index is 13.3. The average Bonchev–Trinajstić information content (AvgIpc) is 3.12. The second-order valence-electron chi connectivity index (χ2n) is 6.77. The number of hydrogen-bond acceptors (Lipinski definition) is 3. The predicted octanol–water partition coefficient (Wildman–Crippen LogP) is 3.98. The summed E-state index contributed by atoms with van der Waals surface area (Å²) in [4.78, 5) is 13.3. The minimum absolute atomic E-state index is 0.113. The van der Waals surface area contributed by atoms with Gasteiger partial charge < -0.3 is 15.2 Å². The Bertz CT molecular complexity index is 1100. The van der Waals surface area contributed by atoms with Gasteiger partial charge in [0.1, 0.15) is 16.9 Å². The van der Waals surface area contributed by atoms with Crippen molar-refractivity contribution in [1.29, 1.82) is 0 Å². The first-order valence-corrected chi connectivity index (χ1v) is 8.52. The summed E-state index contributed by atoms with van der Waals surface area (Å²) < 4.78 is 5.45. The van der Waals surface area contributed by atoms with Gasteiger partial charge in [0.15, 0.2) is 0 Å². The van der Waals surface area contributed by atoms with Gasteiger partial charge in [-0.2, -0.15) is 0 Å². The van der Waals surface area contributed by atoms with Gasteiger partial charge >= 0.3 is 0 Å². The first-order valence-electron chi connectivity index (χ1n) is 8.52. The molecule has 0 bridgehead atoms. The molecule has 0 aromatic heterocycles. The van der Waals surface area contributed by atoms with Crippen LogP contribution in [0.5, 0.6) is 11.5 Å². The van der Waals surface area contributed by atoms with Gasteiger partial charge in [0.25, 0.3) is 0 Å². The van der Waals surface area contributed by atoms with E-state index in [9.17, 15) is 9.90 Å². The molecular formula is C22H17NO3. The third kappa shape index (κ3) is 1.53. The van der Waals surface area contributed by atoms with Crippen molar-refractivity contribution in [3.05, 3.63) is 76.9 Å². The van der Waals surface area contributed by atoms with Crippen LogP contribution in [-0.4, -0.2) is 18.1 Å². The summed E-state index contributed by atoms with van der Waals surface area (Å²) in [6.07, 6.45) is 0. The lowest BCUT2D eigenvalue weighted by molar-refractivity contribution is -0.118. The van der Waals surface area contributed by atoms with E-state index in [1.165, 1.54) is 0 Å². The van der Waals surface area contributed by atoms with E-state index in [4.69, 9.17) is 4.74 Å². The van der Waals surface area contributed by atoms with Crippen molar-refractivity contribution < 1.29 is 14.6 Å². The van der Waals surface area contributed by atoms with E-state index in [2.05, 4.69) is 5.32 Å². The number of carbonyl (C=O) groups is 1. The molecule has 0 fully saturated rings. The van der Waals surface area contributed by atoms with Crippen LogP contribution in [-0.2, 0) is 10.2 Å². The largest absolute Gasteiger partial charge is 0.507 e. The number of ether oxygens (including phenoxy) is 1. The van der Waals surface area contributed by atoms with E-state index in [0.29, 0.717) is 16.9 Å². The lowest BCUT2D eigenvalue weighted by Gasteiger charge is -2.26. The Morgan fingerprint density at radius 1 is 1.00 bits per heavy atom. The third-order valence-electron chi connectivity index (χ3n) is 5.64. The molecule has 2 aliphatic rings. The Morgan fingerprint density at radius 2 is 1.69 bits per heavy atom. The zero-order valence-electron chi connectivity index (χ0n) is 14.5. The molecule has 1 aliphatic heterocycles. The number of amides is 1. The minimum atomic E-state index is -1.04. The maximum absolute atomic E-state index is 13.3. The van der Waals surface area contributed by atoms with Gasteiger partial charge in [-0.3, -0.25) is 4.79 Å². The number of benzene rings is 3. The summed E-state index contributed by atoms with van der Waals surface area (Å²) in [6, 6.07) is 17.4. The van der Waals surface area contributed by atoms with Crippen LogP contribution in [0.25, 0.3) is 11.1 Å². The van der Waals surface area contributed by atoms with Gasteiger partial charge in [0, 0.05) is 22.4 Å². The van der Waals surface area contributed by atoms with E-state index in [1.54, 1.807) is 7.11 Å². The Kier molecular flexibility index (Phi) is 2.82. The normalized spacial score (nSPS) is 19.1. The summed E-state index contributed by atoms with van der Waals surface area (Å²) in [5, 5.41) is 14.1. The van der Waals surface area contributed by atoms with Crippen molar-refractivity contribution >= 4 is 11.6 Å². The van der Waals surface area contributed by atoms with E-state index in [0.717, 1.165) is 27.9 Å². The van der Waals surface area contributed by atoms with Crippen LogP contribution in [0.3, 0.4) is 0 Å². The lowest BCUT2D eigenvalue weighted by Crippen LogP contribution is -2.35. The Hall–Kier alpha value is -3.27. The highest BCUT2D eigenvalue weighted by atomic mass is 16.5. The molecule has 1 aliphatic carbocycles. The SMILES string of the molecule is COc1cc2c(c(O)c1C)C1(C(=O)Nc3ccccc31)c1ccccc1-2. The number of aromatic hydroxyl groups is 1. The number of hydrogen-bond donors (Lipinski definition) is 2. The lowest BCUT2D eigenvalue weighted by atomic mass is 9.72. The average molecular weight is 343 g/mol. The van der Waals surface area contributed by atoms with Crippen molar-refractivity contribution in [2.75, 3.05) is 12.4 Å². The second kappa shape index (κ2) is 4.88. The zero-order valence-corrected chi connectivity index (χ0v) is 14.5. The molecule has 4 nitrogen and oxygen atoms in total. The fraction of sp³-hybridized carbons (Fsp3) is 0.136. The number of carbonyl (C=O) groups excluding carboxylic acids is 1. The van der Waals surface area contributed by atoms with Gasteiger partial charge in [0.2, 0.25) is 5.91 Å². The molecule has 128 valence electrons. The number of rotatable bonds is 1. The maximum Gasteiger partial charge on any atom is 0.244 e. The highest BCUT2D eigenvalue weighted by molar-refractivity contribution is 6.16. The number of anilines is 1. The molecule has 1 heterocycles. The molecule has 26 heavy (non-hydrogen) atoms. The van der Waals surface area contributed by atoms with Gasteiger partial charge in [0.05, 0.1) is 7.11 Å². The van der Waals surface area contributed by atoms with Gasteiger partial charge in [-0.05, 0) is 35.7 Å². The van der Waals surface area contributed by atoms with E-state index in [-0.39, 0.29) is 11.7 Å². The quantitative estimate of drug-likeness (QED) is 0.703. The first kappa shape index (κ1) is 15.0. The zero-order chi connectivity index (χ0) is 18.1. The highest BCUT2D eigenvalue weighted by Crippen LogP contribution is 2.60. The monoisotopic (exact) mass is 343 g/mol. The highest BCUT2D eigenvalue weighted by Gasteiger charge is 2.56. The van der Waals surface area contributed by atoms with Crippen LogP contribution in [0, 0.1) is 6.92 Å². The summed E-state index contributed by atoms with van der Waals surface area (Å²) >= 11 is 0. The number of para-hydroxylation sites is 1. The van der Waals surface area contributed by atoms with Crippen molar-refractivity contribution in [2.45, 2.75) is 12.3 Å². The molecule has 0 saturated heterocycles. The fourth-order valence-electron chi connectivity index (χ4n) is 4.50. The van der Waals surface area contributed by atoms with Crippen LogP contribution < -0.4 is 10.1 Å².